The van der Waals surface area contributed by atoms with Gasteiger partial charge in [-0.25, -0.2) is 4.98 Å². The van der Waals surface area contributed by atoms with Crippen LogP contribution in [0.15, 0.2) is 46.8 Å². The first-order chi connectivity index (χ1) is 9.74. The van der Waals surface area contributed by atoms with Gasteiger partial charge in [0.2, 0.25) is 0 Å². The molecule has 2 aromatic heterocycles. The van der Waals surface area contributed by atoms with E-state index >= 15 is 0 Å². The van der Waals surface area contributed by atoms with Crippen LogP contribution in [0.5, 0.6) is 0 Å². The SMILES string of the molecule is Nc1ccc(CCCn2cnc3ccsc3c2=O)cc1. The standard InChI is InChI=1S/C15H15N3OS/c16-12-5-3-11(4-6-12)2-1-8-18-10-17-13-7-9-20-14(13)15(18)19/h3-7,9-10H,1-2,8,16H2. The molecule has 0 aliphatic carbocycles. The third-order valence-electron chi connectivity index (χ3n) is 3.28. The van der Waals surface area contributed by atoms with E-state index in [0.29, 0.717) is 6.54 Å². The predicted molar refractivity (Wildman–Crippen MR) is 83.1 cm³/mol. The number of hydrogen-bond acceptors (Lipinski definition) is 4. The molecule has 0 saturated heterocycles. The molecule has 2 heterocycles. The number of benzene rings is 1. The minimum Gasteiger partial charge on any atom is -0.399 e. The monoisotopic (exact) mass is 285 g/mol. The Bertz CT molecular complexity index is 774. The van der Waals surface area contributed by atoms with Gasteiger partial charge in [0.05, 0.1) is 11.8 Å². The second-order valence-corrected chi connectivity index (χ2v) is 5.64. The molecule has 2 N–H and O–H groups in total. The van der Waals surface area contributed by atoms with E-state index in [0.717, 1.165) is 28.7 Å². The van der Waals surface area contributed by atoms with Gasteiger partial charge >= 0.3 is 0 Å². The van der Waals surface area contributed by atoms with Gasteiger partial charge in [0.15, 0.2) is 0 Å². The molecule has 1 aromatic carbocycles. The minimum atomic E-state index is 0.0577. The largest absolute Gasteiger partial charge is 0.399 e. The van der Waals surface area contributed by atoms with Gasteiger partial charge in [-0.05, 0) is 42.0 Å². The number of nitrogens with two attached hydrogens (primary N) is 1. The highest BCUT2D eigenvalue weighted by molar-refractivity contribution is 7.17. The number of nitrogen functional groups attached to an aromatic ring is 1. The highest BCUT2D eigenvalue weighted by Gasteiger charge is 2.04. The maximum atomic E-state index is 12.2. The van der Waals surface area contributed by atoms with Crippen molar-refractivity contribution in [3.05, 3.63) is 58.0 Å². The fourth-order valence-corrected chi connectivity index (χ4v) is 2.97. The van der Waals surface area contributed by atoms with Crippen LogP contribution in [0, 0.1) is 0 Å². The van der Waals surface area contributed by atoms with E-state index in [1.165, 1.54) is 16.9 Å². The van der Waals surface area contributed by atoms with Gasteiger partial charge in [-0.1, -0.05) is 12.1 Å². The van der Waals surface area contributed by atoms with Crippen LogP contribution < -0.4 is 11.3 Å². The average Bonchev–Trinajstić information content (AvgIpc) is 2.93. The van der Waals surface area contributed by atoms with Crippen molar-refractivity contribution in [3.63, 3.8) is 0 Å². The van der Waals surface area contributed by atoms with Crippen LogP contribution >= 0.6 is 11.3 Å². The number of fused-ring (bicyclic) bond motifs is 1. The number of hydrogen-bond donors (Lipinski definition) is 1. The number of nitrogens with zero attached hydrogens (tertiary/aromatic N) is 2. The predicted octanol–water partition coefficient (Wildman–Crippen LogP) is 2.67. The van der Waals surface area contributed by atoms with Crippen molar-refractivity contribution in [2.24, 2.45) is 0 Å². The van der Waals surface area contributed by atoms with Crippen LogP contribution in [0.25, 0.3) is 10.2 Å². The number of thiophene rings is 1. The molecule has 0 bridgehead atoms. The molecule has 0 aliphatic heterocycles. The molecule has 0 saturated carbocycles. The van der Waals surface area contributed by atoms with Crippen molar-refractivity contribution >= 4 is 27.2 Å². The van der Waals surface area contributed by atoms with Crippen LogP contribution in [-0.4, -0.2) is 9.55 Å². The Kier molecular flexibility index (Phi) is 3.52. The summed E-state index contributed by atoms with van der Waals surface area (Å²) < 4.78 is 2.43. The van der Waals surface area contributed by atoms with Crippen molar-refractivity contribution in [3.8, 4) is 0 Å². The van der Waals surface area contributed by atoms with Gasteiger partial charge in [0.1, 0.15) is 4.70 Å². The van der Waals surface area contributed by atoms with Crippen molar-refractivity contribution in [2.45, 2.75) is 19.4 Å². The van der Waals surface area contributed by atoms with Crippen LogP contribution in [0.4, 0.5) is 5.69 Å². The second-order valence-electron chi connectivity index (χ2n) is 4.72. The van der Waals surface area contributed by atoms with E-state index in [1.54, 1.807) is 10.9 Å². The Morgan fingerprint density at radius 3 is 2.80 bits per heavy atom. The van der Waals surface area contributed by atoms with Crippen molar-refractivity contribution in [1.29, 1.82) is 0 Å². The van der Waals surface area contributed by atoms with Crippen molar-refractivity contribution in [2.75, 3.05) is 5.73 Å². The zero-order valence-electron chi connectivity index (χ0n) is 11.0. The lowest BCUT2D eigenvalue weighted by molar-refractivity contribution is 0.618. The first-order valence-corrected chi connectivity index (χ1v) is 7.39. The zero-order valence-corrected chi connectivity index (χ0v) is 11.8. The normalized spacial score (nSPS) is 11.0. The molecule has 20 heavy (non-hydrogen) atoms. The van der Waals surface area contributed by atoms with Gasteiger partial charge in [0, 0.05) is 12.2 Å². The summed E-state index contributed by atoms with van der Waals surface area (Å²) in [5.41, 5.74) is 8.51. The molecular formula is C15H15N3OS. The molecule has 0 fully saturated rings. The summed E-state index contributed by atoms with van der Waals surface area (Å²) >= 11 is 1.45. The molecule has 5 heteroatoms. The number of aromatic nitrogens is 2. The van der Waals surface area contributed by atoms with Gasteiger partial charge in [-0.2, -0.15) is 0 Å². The third-order valence-corrected chi connectivity index (χ3v) is 4.17. The Morgan fingerprint density at radius 1 is 1.20 bits per heavy atom. The van der Waals surface area contributed by atoms with Crippen molar-refractivity contribution < 1.29 is 0 Å². The van der Waals surface area contributed by atoms with Crippen LogP contribution in [0.2, 0.25) is 0 Å². The summed E-state index contributed by atoms with van der Waals surface area (Å²) in [4.78, 5) is 16.5. The minimum absolute atomic E-state index is 0.0577. The molecule has 0 spiro atoms. The highest BCUT2D eigenvalue weighted by Crippen LogP contribution is 2.13. The first-order valence-electron chi connectivity index (χ1n) is 6.51. The lowest BCUT2D eigenvalue weighted by Crippen LogP contribution is -2.19. The van der Waals surface area contributed by atoms with E-state index in [9.17, 15) is 4.79 Å². The molecule has 0 amide bonds. The zero-order chi connectivity index (χ0) is 13.9. The highest BCUT2D eigenvalue weighted by atomic mass is 32.1. The maximum absolute atomic E-state index is 12.2. The molecule has 3 aromatic rings. The van der Waals surface area contributed by atoms with E-state index in [4.69, 9.17) is 5.73 Å². The second kappa shape index (κ2) is 5.46. The van der Waals surface area contributed by atoms with Crippen molar-refractivity contribution in [1.82, 2.24) is 9.55 Å². The number of aryl methyl sites for hydroxylation is 2. The number of rotatable bonds is 4. The summed E-state index contributed by atoms with van der Waals surface area (Å²) in [7, 11) is 0. The molecule has 0 atom stereocenters. The molecule has 102 valence electrons. The maximum Gasteiger partial charge on any atom is 0.271 e. The van der Waals surface area contributed by atoms with Crippen LogP contribution in [-0.2, 0) is 13.0 Å². The Balaban J connectivity index is 1.69. The van der Waals surface area contributed by atoms with E-state index < -0.39 is 0 Å². The lowest BCUT2D eigenvalue weighted by atomic mass is 10.1. The first kappa shape index (κ1) is 12.9. The van der Waals surface area contributed by atoms with Crippen LogP contribution in [0.3, 0.4) is 0 Å². The summed E-state index contributed by atoms with van der Waals surface area (Å²) in [5, 5.41) is 1.90. The van der Waals surface area contributed by atoms with E-state index in [-0.39, 0.29) is 5.56 Å². The van der Waals surface area contributed by atoms with E-state index in [2.05, 4.69) is 4.98 Å². The average molecular weight is 285 g/mol. The molecule has 4 nitrogen and oxygen atoms in total. The molecular weight excluding hydrogens is 270 g/mol. The van der Waals surface area contributed by atoms with Gasteiger partial charge in [-0.3, -0.25) is 9.36 Å². The summed E-state index contributed by atoms with van der Waals surface area (Å²) in [6.45, 7) is 0.685. The lowest BCUT2D eigenvalue weighted by Gasteiger charge is -2.05. The topological polar surface area (TPSA) is 60.9 Å². The summed E-state index contributed by atoms with van der Waals surface area (Å²) in [5.74, 6) is 0. The Morgan fingerprint density at radius 2 is 2.00 bits per heavy atom. The molecule has 0 aliphatic rings. The van der Waals surface area contributed by atoms with Crippen LogP contribution in [0.1, 0.15) is 12.0 Å². The molecule has 3 rings (SSSR count). The van der Waals surface area contributed by atoms with E-state index in [1.807, 2.05) is 35.7 Å². The fourth-order valence-electron chi connectivity index (χ4n) is 2.18. The third kappa shape index (κ3) is 2.58. The number of anilines is 1. The van der Waals surface area contributed by atoms with Gasteiger partial charge in [0.25, 0.3) is 5.56 Å². The van der Waals surface area contributed by atoms with Gasteiger partial charge in [-0.15, -0.1) is 11.3 Å². The molecule has 0 unspecified atom stereocenters. The Labute approximate surface area is 120 Å². The summed E-state index contributed by atoms with van der Waals surface area (Å²) in [6, 6.07) is 9.74. The fraction of sp³-hybridized carbons (Fsp3) is 0.200. The Hall–Kier alpha value is -2.14. The summed E-state index contributed by atoms with van der Waals surface area (Å²) in [6.07, 6.45) is 3.47. The smallest absolute Gasteiger partial charge is 0.271 e. The molecule has 0 radical (unpaired) electrons. The quantitative estimate of drug-likeness (QED) is 0.750. The van der Waals surface area contributed by atoms with Gasteiger partial charge < -0.3 is 5.73 Å².